The van der Waals surface area contributed by atoms with E-state index in [0.717, 1.165) is 11.8 Å². The molecule has 0 aliphatic rings. The molecule has 1 amide bonds. The molecule has 20 heavy (non-hydrogen) atoms. The van der Waals surface area contributed by atoms with Gasteiger partial charge in [0.1, 0.15) is 5.75 Å². The number of rotatable bonds is 5. The molecule has 0 saturated carbocycles. The fourth-order valence-electron chi connectivity index (χ4n) is 2.18. The van der Waals surface area contributed by atoms with Gasteiger partial charge in [-0.1, -0.05) is 43.7 Å². The molecule has 3 N–H and O–H groups in total. The van der Waals surface area contributed by atoms with E-state index in [0.29, 0.717) is 11.8 Å². The van der Waals surface area contributed by atoms with E-state index in [1.54, 1.807) is 18.2 Å². The van der Waals surface area contributed by atoms with Crippen molar-refractivity contribution in [2.75, 3.05) is 6.54 Å². The van der Waals surface area contributed by atoms with Crippen LogP contribution in [0.25, 0.3) is 10.8 Å². The van der Waals surface area contributed by atoms with Crippen LogP contribution in [-0.2, 0) is 0 Å². The number of aromatic hydroxyl groups is 1. The van der Waals surface area contributed by atoms with E-state index in [1.165, 1.54) is 0 Å². The maximum Gasteiger partial charge on any atom is 0.255 e. The molecule has 0 bridgehead atoms. The van der Waals surface area contributed by atoms with Crippen molar-refractivity contribution in [3.63, 3.8) is 0 Å². The lowest BCUT2D eigenvalue weighted by atomic mass is 10.0. The predicted octanol–water partition coefficient (Wildman–Crippen LogP) is 2.44. The Bertz CT molecular complexity index is 610. The minimum absolute atomic E-state index is 0.0226. The summed E-state index contributed by atoms with van der Waals surface area (Å²) in [4.78, 5) is 12.0. The Balaban J connectivity index is 2.16. The van der Waals surface area contributed by atoms with E-state index in [-0.39, 0.29) is 23.8 Å². The molecule has 0 heterocycles. The molecule has 0 fully saturated rings. The van der Waals surface area contributed by atoms with Crippen LogP contribution < -0.4 is 5.32 Å². The van der Waals surface area contributed by atoms with Gasteiger partial charge < -0.3 is 15.5 Å². The number of hydrogen-bond acceptors (Lipinski definition) is 3. The zero-order valence-corrected chi connectivity index (χ0v) is 11.5. The van der Waals surface area contributed by atoms with Crippen LogP contribution in [0.3, 0.4) is 0 Å². The van der Waals surface area contributed by atoms with Crippen molar-refractivity contribution in [3.8, 4) is 5.75 Å². The first-order valence-corrected chi connectivity index (χ1v) is 6.80. The van der Waals surface area contributed by atoms with Gasteiger partial charge >= 0.3 is 0 Å². The number of phenols is 1. The van der Waals surface area contributed by atoms with Crippen molar-refractivity contribution in [1.29, 1.82) is 0 Å². The van der Waals surface area contributed by atoms with E-state index < -0.39 is 6.10 Å². The molecule has 0 radical (unpaired) electrons. The maximum absolute atomic E-state index is 12.0. The molecule has 106 valence electrons. The molecular formula is C16H19NO3. The van der Waals surface area contributed by atoms with Crippen LogP contribution in [-0.4, -0.2) is 28.8 Å². The fourth-order valence-corrected chi connectivity index (χ4v) is 2.18. The topological polar surface area (TPSA) is 69.6 Å². The lowest BCUT2D eigenvalue weighted by Crippen LogP contribution is -2.32. The summed E-state index contributed by atoms with van der Waals surface area (Å²) < 4.78 is 0. The molecule has 0 saturated heterocycles. The van der Waals surface area contributed by atoms with E-state index >= 15 is 0 Å². The van der Waals surface area contributed by atoms with Crippen LogP contribution in [0, 0.1) is 0 Å². The number of benzene rings is 2. The number of nitrogens with one attached hydrogen (secondary N) is 1. The van der Waals surface area contributed by atoms with Gasteiger partial charge in [-0.25, -0.2) is 0 Å². The van der Waals surface area contributed by atoms with E-state index in [2.05, 4.69) is 5.32 Å². The van der Waals surface area contributed by atoms with E-state index in [4.69, 9.17) is 0 Å². The molecule has 4 heteroatoms. The van der Waals surface area contributed by atoms with Crippen molar-refractivity contribution in [3.05, 3.63) is 42.0 Å². The third-order valence-corrected chi connectivity index (χ3v) is 3.27. The molecule has 0 spiro atoms. The number of aliphatic hydroxyl groups is 1. The Morgan fingerprint density at radius 1 is 1.25 bits per heavy atom. The van der Waals surface area contributed by atoms with Crippen LogP contribution >= 0.6 is 0 Å². The smallest absolute Gasteiger partial charge is 0.255 e. The summed E-state index contributed by atoms with van der Waals surface area (Å²) in [6, 6.07) is 10.7. The number of carbonyl (C=O) groups excluding carboxylic acids is 1. The summed E-state index contributed by atoms with van der Waals surface area (Å²) in [6.07, 6.45) is 0.953. The van der Waals surface area contributed by atoms with Gasteiger partial charge in [0.05, 0.1) is 11.7 Å². The van der Waals surface area contributed by atoms with E-state index in [1.807, 2.05) is 25.1 Å². The van der Waals surface area contributed by atoms with Crippen molar-refractivity contribution in [2.45, 2.75) is 25.9 Å². The van der Waals surface area contributed by atoms with Gasteiger partial charge in [-0.15, -0.1) is 0 Å². The van der Waals surface area contributed by atoms with Gasteiger partial charge in [0.25, 0.3) is 5.91 Å². The Kier molecular flexibility index (Phi) is 4.58. The number of aliphatic hydroxyl groups excluding tert-OH is 1. The first-order chi connectivity index (χ1) is 9.63. The highest BCUT2D eigenvalue weighted by atomic mass is 16.3. The predicted molar refractivity (Wildman–Crippen MR) is 78.9 cm³/mol. The van der Waals surface area contributed by atoms with Crippen LogP contribution in [0.2, 0.25) is 0 Å². The zero-order valence-electron chi connectivity index (χ0n) is 11.5. The lowest BCUT2D eigenvalue weighted by Gasteiger charge is -2.12. The quantitative estimate of drug-likeness (QED) is 0.783. The molecule has 0 aromatic heterocycles. The van der Waals surface area contributed by atoms with Crippen LogP contribution in [0.4, 0.5) is 0 Å². The van der Waals surface area contributed by atoms with Crippen LogP contribution in [0.15, 0.2) is 36.4 Å². The molecule has 0 aliphatic heterocycles. The highest BCUT2D eigenvalue weighted by molar-refractivity contribution is 6.03. The van der Waals surface area contributed by atoms with Crippen molar-refractivity contribution in [2.24, 2.45) is 0 Å². The van der Waals surface area contributed by atoms with E-state index in [9.17, 15) is 15.0 Å². The minimum Gasteiger partial charge on any atom is -0.506 e. The van der Waals surface area contributed by atoms with Crippen molar-refractivity contribution in [1.82, 2.24) is 5.32 Å². The van der Waals surface area contributed by atoms with Gasteiger partial charge in [-0.2, -0.15) is 0 Å². The van der Waals surface area contributed by atoms with Gasteiger partial charge in [0.15, 0.2) is 0 Å². The van der Waals surface area contributed by atoms with Crippen LogP contribution in [0.5, 0.6) is 5.75 Å². The number of amides is 1. The van der Waals surface area contributed by atoms with Gasteiger partial charge in [-0.3, -0.25) is 4.79 Å². The summed E-state index contributed by atoms with van der Waals surface area (Å²) in [5.74, 6) is -0.394. The summed E-state index contributed by atoms with van der Waals surface area (Å²) >= 11 is 0. The molecule has 2 aromatic carbocycles. The largest absolute Gasteiger partial charge is 0.506 e. The number of carbonyl (C=O) groups is 1. The summed E-state index contributed by atoms with van der Waals surface area (Å²) in [6.45, 7) is 2.17. The normalized spacial score (nSPS) is 12.3. The highest BCUT2D eigenvalue weighted by Crippen LogP contribution is 2.28. The zero-order chi connectivity index (χ0) is 14.5. The fraction of sp³-hybridized carbons (Fsp3) is 0.312. The van der Waals surface area contributed by atoms with Gasteiger partial charge in [0.2, 0.25) is 0 Å². The van der Waals surface area contributed by atoms with Crippen molar-refractivity contribution >= 4 is 16.7 Å². The highest BCUT2D eigenvalue weighted by Gasteiger charge is 2.14. The third-order valence-electron chi connectivity index (χ3n) is 3.27. The maximum atomic E-state index is 12.0. The molecule has 0 aliphatic carbocycles. The Morgan fingerprint density at radius 2 is 2.00 bits per heavy atom. The van der Waals surface area contributed by atoms with Gasteiger partial charge in [-0.05, 0) is 17.9 Å². The van der Waals surface area contributed by atoms with Crippen molar-refractivity contribution < 1.29 is 15.0 Å². The second-order valence-corrected chi connectivity index (χ2v) is 4.84. The minimum atomic E-state index is -0.549. The second-order valence-electron chi connectivity index (χ2n) is 4.84. The first-order valence-electron chi connectivity index (χ1n) is 6.80. The molecule has 1 atom stereocenters. The summed E-state index contributed by atoms with van der Waals surface area (Å²) in [5.41, 5.74) is 0.229. The number of phenolic OH excluding ortho intramolecular Hbond substituents is 1. The van der Waals surface area contributed by atoms with Crippen LogP contribution in [0.1, 0.15) is 30.1 Å². The molecular weight excluding hydrogens is 254 g/mol. The SMILES string of the molecule is CCCC(O)CNC(=O)c1ccc2ccccc2c1O. The van der Waals surface area contributed by atoms with Gasteiger partial charge in [0, 0.05) is 11.9 Å². The molecule has 2 aromatic rings. The first kappa shape index (κ1) is 14.3. The molecule has 1 unspecified atom stereocenters. The summed E-state index contributed by atoms with van der Waals surface area (Å²) in [7, 11) is 0. The number of fused-ring (bicyclic) bond motifs is 1. The molecule has 2 rings (SSSR count). The average Bonchev–Trinajstić information content (AvgIpc) is 2.46. The monoisotopic (exact) mass is 273 g/mol. The molecule has 4 nitrogen and oxygen atoms in total. The summed E-state index contributed by atoms with van der Waals surface area (Å²) in [5, 5.41) is 23.9. The lowest BCUT2D eigenvalue weighted by molar-refractivity contribution is 0.0907. The standard InChI is InChI=1S/C16H19NO3/c1-2-5-12(18)10-17-16(20)14-9-8-11-6-3-4-7-13(11)15(14)19/h3-4,6-9,12,18-19H,2,5,10H2,1H3,(H,17,20). The average molecular weight is 273 g/mol. The third kappa shape index (κ3) is 3.08. The number of hydrogen-bond donors (Lipinski definition) is 3. The Labute approximate surface area is 118 Å². The Hall–Kier alpha value is -2.07. The Morgan fingerprint density at radius 3 is 2.75 bits per heavy atom. The second kappa shape index (κ2) is 6.39.